The van der Waals surface area contributed by atoms with Crippen LogP contribution < -0.4 is 29.6 Å². The summed E-state index contributed by atoms with van der Waals surface area (Å²) in [5.74, 6) is 0. The summed E-state index contributed by atoms with van der Waals surface area (Å²) in [6.07, 6.45) is 14.2. The Labute approximate surface area is 179 Å². The fraction of sp³-hybridized carbons (Fsp3) is 0.714. The van der Waals surface area contributed by atoms with E-state index >= 15 is 0 Å². The number of hydrogen-bond acceptors (Lipinski definition) is 0. The maximum absolute atomic E-state index is 2.36. The summed E-state index contributed by atoms with van der Waals surface area (Å²) in [6.45, 7) is 4.74. The van der Waals surface area contributed by atoms with Gasteiger partial charge in [0.1, 0.15) is 6.54 Å². The molecule has 0 aliphatic heterocycles. The first-order valence-corrected chi connectivity index (χ1v) is 9.50. The normalized spacial score (nSPS) is 10.8. The van der Waals surface area contributed by atoms with Gasteiger partial charge in [-0.25, -0.2) is 0 Å². The van der Waals surface area contributed by atoms with Crippen LogP contribution in [0.5, 0.6) is 0 Å². The zero-order chi connectivity index (χ0) is 16.1. The third-order valence-electron chi connectivity index (χ3n) is 4.57. The molecular weight excluding hydrogens is 325 g/mol. The fourth-order valence-electron chi connectivity index (χ4n) is 3.18. The van der Waals surface area contributed by atoms with Crippen LogP contribution >= 0.6 is 12.4 Å². The van der Waals surface area contributed by atoms with E-state index in [1.54, 1.807) is 0 Å². The van der Waals surface area contributed by atoms with Gasteiger partial charge in [-0.1, -0.05) is 88.6 Å². The Balaban J connectivity index is 0. The minimum atomic E-state index is 0. The zero-order valence-corrected chi connectivity index (χ0v) is 19.5. The molecule has 0 saturated heterocycles. The summed E-state index contributed by atoms with van der Waals surface area (Å²) in [7, 11) is 4.72. The molecule has 0 unspecified atom stereocenters. The van der Waals surface area contributed by atoms with E-state index in [0.29, 0.717) is 0 Å². The average molecular weight is 364 g/mol. The van der Waals surface area contributed by atoms with Crippen molar-refractivity contribution in [3.63, 3.8) is 0 Å². The van der Waals surface area contributed by atoms with Gasteiger partial charge in [-0.2, -0.15) is 0 Å². The number of unbranched alkanes of at least 4 members (excludes halogenated alkanes) is 9. The quantitative estimate of drug-likeness (QED) is 0.285. The first-order chi connectivity index (χ1) is 10.6. The molecule has 0 fully saturated rings. The van der Waals surface area contributed by atoms with Crippen molar-refractivity contribution in [1.29, 1.82) is 0 Å². The smallest absolute Gasteiger partial charge is 0.325 e. The van der Waals surface area contributed by atoms with Crippen LogP contribution in [0.1, 0.15) is 76.7 Å². The Kier molecular flexibility index (Phi) is 18.8. The number of quaternary nitrogens is 1. The maximum Gasteiger partial charge on any atom is 1.00 e. The van der Waals surface area contributed by atoms with Crippen LogP contribution in [-0.2, 0) is 6.54 Å². The molecule has 1 rings (SSSR count). The summed E-state index contributed by atoms with van der Waals surface area (Å²) in [6, 6.07) is 10.9. The number of nitrogens with zero attached hydrogens (tertiary/aromatic N) is 1. The Hall–Kier alpha value is 0.470. The first-order valence-electron chi connectivity index (χ1n) is 9.50. The molecule has 0 spiro atoms. The van der Waals surface area contributed by atoms with Gasteiger partial charge in [0.15, 0.2) is 0 Å². The van der Waals surface area contributed by atoms with Crippen molar-refractivity contribution in [3.05, 3.63) is 35.9 Å². The fourth-order valence-corrected chi connectivity index (χ4v) is 3.18. The molecule has 0 heterocycles. The molecule has 0 aliphatic carbocycles. The second kappa shape index (κ2) is 16.9. The van der Waals surface area contributed by atoms with Crippen molar-refractivity contribution in [2.45, 2.75) is 77.7 Å². The predicted octanol–water partition coefficient (Wildman–Crippen LogP) is 3.61. The molecule has 3 heteroatoms. The van der Waals surface area contributed by atoms with Crippen molar-refractivity contribution < 1.29 is 34.0 Å². The number of halogens is 1. The minimum absolute atomic E-state index is 0. The Morgan fingerprint density at radius 3 is 1.67 bits per heavy atom. The summed E-state index contributed by atoms with van der Waals surface area (Å²) >= 11 is 0. The van der Waals surface area contributed by atoms with Gasteiger partial charge in [0, 0.05) is 5.56 Å². The van der Waals surface area contributed by atoms with Gasteiger partial charge in [0.25, 0.3) is 0 Å². The molecule has 1 aromatic rings. The van der Waals surface area contributed by atoms with Crippen molar-refractivity contribution in [2.24, 2.45) is 0 Å². The topological polar surface area (TPSA) is 0 Å². The van der Waals surface area contributed by atoms with Crippen LogP contribution in [0.25, 0.3) is 0 Å². The van der Waals surface area contributed by atoms with Crippen LogP contribution in [0.2, 0.25) is 0 Å². The Morgan fingerprint density at radius 2 is 1.17 bits per heavy atom. The van der Waals surface area contributed by atoms with Crippen LogP contribution in [0.15, 0.2) is 30.3 Å². The van der Waals surface area contributed by atoms with Gasteiger partial charge in [-0.05, 0) is 12.8 Å². The molecule has 134 valence electrons. The number of hydrogen-bond donors (Lipinski definition) is 0. The SMILES string of the molecule is CCCCCCCCCCCC[N+](C)(C)Cc1ccccc1.Cl.[Na+]. The second-order valence-electron chi connectivity index (χ2n) is 7.49. The van der Waals surface area contributed by atoms with Crippen LogP contribution in [-0.4, -0.2) is 25.1 Å². The van der Waals surface area contributed by atoms with Gasteiger partial charge in [0.2, 0.25) is 0 Å². The van der Waals surface area contributed by atoms with Gasteiger partial charge < -0.3 is 4.48 Å². The molecule has 1 aromatic carbocycles. The molecule has 0 aliphatic rings. The van der Waals surface area contributed by atoms with Crippen molar-refractivity contribution in [2.75, 3.05) is 20.6 Å². The molecule has 24 heavy (non-hydrogen) atoms. The van der Waals surface area contributed by atoms with E-state index in [9.17, 15) is 0 Å². The third-order valence-corrected chi connectivity index (χ3v) is 4.57. The summed E-state index contributed by atoms with van der Waals surface area (Å²) in [4.78, 5) is 0. The van der Waals surface area contributed by atoms with E-state index < -0.39 is 0 Å². The van der Waals surface area contributed by atoms with E-state index in [4.69, 9.17) is 0 Å². The van der Waals surface area contributed by atoms with Crippen molar-refractivity contribution in [3.8, 4) is 0 Å². The Bertz CT molecular complexity index is 367. The van der Waals surface area contributed by atoms with Crippen molar-refractivity contribution in [1.82, 2.24) is 0 Å². The second-order valence-corrected chi connectivity index (χ2v) is 7.49. The van der Waals surface area contributed by atoms with Gasteiger partial charge in [0.05, 0.1) is 20.6 Å². The zero-order valence-electron chi connectivity index (χ0n) is 16.7. The summed E-state index contributed by atoms with van der Waals surface area (Å²) < 4.78 is 1.11. The molecular formula is C21H39ClNNa+2. The van der Waals surface area contributed by atoms with E-state index in [1.807, 2.05) is 0 Å². The van der Waals surface area contributed by atoms with Crippen molar-refractivity contribution >= 4 is 12.4 Å². The largest absolute Gasteiger partial charge is 1.00 e. The Morgan fingerprint density at radius 1 is 0.708 bits per heavy atom. The van der Waals surface area contributed by atoms with Gasteiger partial charge >= 0.3 is 29.6 Å². The molecule has 0 radical (unpaired) electrons. The molecule has 0 bridgehead atoms. The molecule has 0 N–H and O–H groups in total. The van der Waals surface area contributed by atoms with E-state index in [1.165, 1.54) is 76.3 Å². The number of rotatable bonds is 13. The number of benzene rings is 1. The summed E-state index contributed by atoms with van der Waals surface area (Å²) in [5.41, 5.74) is 1.46. The average Bonchev–Trinajstić information content (AvgIpc) is 2.49. The van der Waals surface area contributed by atoms with E-state index in [-0.39, 0.29) is 42.0 Å². The maximum atomic E-state index is 2.36. The summed E-state index contributed by atoms with van der Waals surface area (Å²) in [5, 5.41) is 0. The standard InChI is InChI=1S/C21H38N.ClH.Na/c1-4-5-6-7-8-9-10-11-12-16-19-22(2,3)20-21-17-14-13-15-18-21;;/h13-15,17-18H,4-12,16,19-20H2,1-3H3;1H;/q+1;;+1. The van der Waals surface area contributed by atoms with Crippen LogP contribution in [0.3, 0.4) is 0 Å². The molecule has 0 aromatic heterocycles. The third kappa shape index (κ3) is 14.8. The van der Waals surface area contributed by atoms with E-state index in [2.05, 4.69) is 51.4 Å². The first kappa shape index (κ1) is 26.7. The monoisotopic (exact) mass is 363 g/mol. The van der Waals surface area contributed by atoms with Gasteiger partial charge in [-0.3, -0.25) is 0 Å². The molecule has 0 saturated carbocycles. The predicted molar refractivity (Wildman–Crippen MR) is 106 cm³/mol. The molecule has 0 amide bonds. The van der Waals surface area contributed by atoms with Crippen LogP contribution in [0.4, 0.5) is 0 Å². The van der Waals surface area contributed by atoms with Crippen LogP contribution in [0, 0.1) is 0 Å². The minimum Gasteiger partial charge on any atom is -0.325 e. The molecule has 0 atom stereocenters. The van der Waals surface area contributed by atoms with E-state index in [0.717, 1.165) is 11.0 Å². The van der Waals surface area contributed by atoms with Gasteiger partial charge in [-0.15, -0.1) is 12.4 Å². The molecule has 1 nitrogen and oxygen atoms in total.